The van der Waals surface area contributed by atoms with Gasteiger partial charge in [-0.3, -0.25) is 0 Å². The van der Waals surface area contributed by atoms with Crippen LogP contribution in [0.5, 0.6) is 0 Å². The molecule has 0 aromatic heterocycles. The number of hydrogen-bond acceptors (Lipinski definition) is 2. The molecule has 0 rings (SSSR count). The molecule has 0 aliphatic heterocycles. The molecule has 0 aliphatic carbocycles. The summed E-state index contributed by atoms with van der Waals surface area (Å²) in [5.41, 5.74) is 0. The van der Waals surface area contributed by atoms with Crippen molar-refractivity contribution < 1.29 is 42.2 Å². The average molecular weight is 284 g/mol. The molecule has 0 aromatic carbocycles. The fourth-order valence-corrected chi connectivity index (χ4v) is 0.944. The number of amides is 1. The van der Waals surface area contributed by atoms with E-state index < -0.39 is 0 Å². The van der Waals surface area contributed by atoms with Crippen LogP contribution >= 0.6 is 0 Å². The molecule has 0 spiro atoms. The van der Waals surface area contributed by atoms with Crippen LogP contribution in [0.1, 0.15) is 19.8 Å². The summed E-state index contributed by atoms with van der Waals surface area (Å²) in [6.07, 6.45) is 7.53. The normalized spacial score (nSPS) is 9.47. The molecule has 0 bridgehead atoms. The van der Waals surface area contributed by atoms with Gasteiger partial charge in [-0.25, -0.2) is 4.79 Å². The minimum absolute atomic E-state index is 0. The van der Waals surface area contributed by atoms with Gasteiger partial charge in [-0.2, -0.15) is 0 Å². The summed E-state index contributed by atoms with van der Waals surface area (Å²) in [6, 6.07) is 0. The Labute approximate surface area is 117 Å². The second-order valence-electron chi connectivity index (χ2n) is 2.81. The van der Waals surface area contributed by atoms with E-state index in [0.717, 1.165) is 12.8 Å². The van der Waals surface area contributed by atoms with Crippen LogP contribution in [0.15, 0.2) is 12.2 Å². The fraction of sp³-hybridized carbons (Fsp3) is 0.545. The molecule has 0 aromatic rings. The Morgan fingerprint density at radius 3 is 2.73 bits per heavy atom. The molecule has 0 heterocycles. The molecule has 0 aliphatic rings. The Morgan fingerprint density at radius 2 is 2.27 bits per heavy atom. The summed E-state index contributed by atoms with van der Waals surface area (Å²) in [4.78, 5) is 12.8. The molecule has 0 N–H and O–H groups in total. The van der Waals surface area contributed by atoms with Gasteiger partial charge < -0.3 is 34.4 Å². The monoisotopic (exact) mass is 284 g/mol. The molecule has 83 valence electrons. The van der Waals surface area contributed by atoms with Gasteiger partial charge in [0.15, 0.2) is 0 Å². The Balaban J connectivity index is 0. The van der Waals surface area contributed by atoms with Crippen LogP contribution in [-0.4, -0.2) is 31.2 Å². The van der Waals surface area contributed by atoms with Gasteiger partial charge in [0.05, 0.1) is 7.11 Å². The van der Waals surface area contributed by atoms with Crippen molar-refractivity contribution in [1.82, 2.24) is 4.90 Å². The van der Waals surface area contributed by atoms with Crippen molar-refractivity contribution in [1.29, 1.82) is 0 Å². The summed E-state index contributed by atoms with van der Waals surface area (Å²) in [6.45, 7) is 8.32. The second kappa shape index (κ2) is 11.9. The second-order valence-corrected chi connectivity index (χ2v) is 2.81. The van der Waals surface area contributed by atoms with Gasteiger partial charge in [-0.05, 0) is 13.0 Å². The molecular weight excluding hydrogens is 267 g/mol. The van der Waals surface area contributed by atoms with E-state index in [2.05, 4.69) is 17.7 Å². The number of carbonyl (C=O) groups is 1. The molecule has 1 amide bonds. The molecular formula is C11H17NO2Y-2. The number of methoxy groups -OCH3 is 1. The zero-order chi connectivity index (χ0) is 10.8. The van der Waals surface area contributed by atoms with Gasteiger partial charge in [-0.15, -0.1) is 0 Å². The summed E-state index contributed by atoms with van der Waals surface area (Å²) >= 11 is 0. The van der Waals surface area contributed by atoms with Crippen molar-refractivity contribution in [2.75, 3.05) is 20.2 Å². The van der Waals surface area contributed by atoms with Crippen molar-refractivity contribution in [3.05, 3.63) is 24.8 Å². The topological polar surface area (TPSA) is 29.5 Å². The number of carbonyl (C=O) groups excluding carboxylic acids is 1. The minimum atomic E-state index is -0.323. The third-order valence-corrected chi connectivity index (χ3v) is 1.71. The van der Waals surface area contributed by atoms with Gasteiger partial charge >= 0.3 is 6.09 Å². The van der Waals surface area contributed by atoms with Crippen molar-refractivity contribution in [3.8, 4) is 0 Å². The maximum absolute atomic E-state index is 11.2. The Kier molecular flexibility index (Phi) is 13.7. The van der Waals surface area contributed by atoms with Crippen LogP contribution in [0.4, 0.5) is 4.79 Å². The number of hydrogen-bond donors (Lipinski definition) is 0. The number of nitrogens with zero attached hydrogens (tertiary/aromatic N) is 1. The molecule has 3 nitrogen and oxygen atoms in total. The Hall–Kier alpha value is -0.146. The van der Waals surface area contributed by atoms with Gasteiger partial charge in [0.1, 0.15) is 0 Å². The minimum Gasteiger partial charge on any atom is -0.453 e. The van der Waals surface area contributed by atoms with E-state index in [9.17, 15) is 4.79 Å². The maximum Gasteiger partial charge on any atom is 0.408 e. The summed E-state index contributed by atoms with van der Waals surface area (Å²) in [7, 11) is 1.38. The van der Waals surface area contributed by atoms with Crippen LogP contribution in [0, 0.1) is 12.7 Å². The van der Waals surface area contributed by atoms with E-state index in [1.807, 2.05) is 0 Å². The first-order chi connectivity index (χ1) is 6.76. The molecule has 0 unspecified atom stereocenters. The first-order valence-electron chi connectivity index (χ1n) is 4.69. The predicted octanol–water partition coefficient (Wildman–Crippen LogP) is 2.20. The standard InChI is InChI=1S/C11H17NO2.Y/c1-4-6-8-10-12(9-7-5-2)11(13)14-3;/h1,4,6H,5,7,9-10H2,2-3H3;/q-2;. The summed E-state index contributed by atoms with van der Waals surface area (Å²) < 4.78 is 4.63. The van der Waals surface area contributed by atoms with Crippen molar-refractivity contribution in [3.63, 3.8) is 0 Å². The molecule has 4 heteroatoms. The molecule has 1 radical (unpaired) electrons. The van der Waals surface area contributed by atoms with Crippen LogP contribution in [0.25, 0.3) is 0 Å². The Morgan fingerprint density at radius 1 is 1.60 bits per heavy atom. The van der Waals surface area contributed by atoms with Crippen LogP contribution in [0.3, 0.4) is 0 Å². The van der Waals surface area contributed by atoms with Crippen molar-refractivity contribution in [2.24, 2.45) is 0 Å². The third kappa shape index (κ3) is 8.82. The van der Waals surface area contributed by atoms with E-state index in [1.165, 1.54) is 13.2 Å². The smallest absolute Gasteiger partial charge is 0.408 e. The summed E-state index contributed by atoms with van der Waals surface area (Å²) in [5, 5.41) is 0. The SMILES string of the molecule is [CH-]=CC=[C-]CN(CCCC)C(=O)OC.[Y]. The quantitative estimate of drug-likeness (QED) is 0.553. The van der Waals surface area contributed by atoms with Crippen LogP contribution < -0.4 is 0 Å². The van der Waals surface area contributed by atoms with E-state index in [-0.39, 0.29) is 38.8 Å². The number of ether oxygens (including phenoxy) is 1. The maximum atomic E-state index is 11.2. The van der Waals surface area contributed by atoms with Gasteiger partial charge in [0, 0.05) is 39.3 Å². The Bertz CT molecular complexity index is 205. The molecule has 0 atom stereocenters. The van der Waals surface area contributed by atoms with Crippen LogP contribution in [-0.2, 0) is 37.4 Å². The first-order valence-corrected chi connectivity index (χ1v) is 4.69. The van der Waals surface area contributed by atoms with Gasteiger partial charge in [0.2, 0.25) is 0 Å². The zero-order valence-corrected chi connectivity index (χ0v) is 12.2. The molecule has 0 fully saturated rings. The number of rotatable bonds is 6. The van der Waals surface area contributed by atoms with Gasteiger partial charge in [0.25, 0.3) is 0 Å². The van der Waals surface area contributed by atoms with E-state index in [4.69, 9.17) is 6.58 Å². The van der Waals surface area contributed by atoms with Crippen LogP contribution in [0.2, 0.25) is 0 Å². The largest absolute Gasteiger partial charge is 0.453 e. The average Bonchev–Trinajstić information content (AvgIpc) is 2.22. The predicted molar refractivity (Wildman–Crippen MR) is 55.6 cm³/mol. The fourth-order valence-electron chi connectivity index (χ4n) is 0.944. The third-order valence-electron chi connectivity index (χ3n) is 1.71. The first kappa shape index (κ1) is 17.3. The van der Waals surface area contributed by atoms with E-state index in [1.54, 1.807) is 11.0 Å². The molecule has 0 saturated heterocycles. The van der Waals surface area contributed by atoms with Crippen molar-refractivity contribution >= 4 is 6.09 Å². The van der Waals surface area contributed by atoms with Gasteiger partial charge in [-0.1, -0.05) is 13.3 Å². The van der Waals surface area contributed by atoms with E-state index >= 15 is 0 Å². The molecule has 0 saturated carbocycles. The molecule has 15 heavy (non-hydrogen) atoms. The number of unbranched alkanes of at least 4 members (excludes halogenated alkanes) is 1. The number of allylic oxidation sites excluding steroid dienone is 2. The zero-order valence-electron chi connectivity index (χ0n) is 9.40. The van der Waals surface area contributed by atoms with Crippen molar-refractivity contribution in [2.45, 2.75) is 19.8 Å². The summed E-state index contributed by atoms with van der Waals surface area (Å²) in [5.74, 6) is 0. The van der Waals surface area contributed by atoms with E-state index in [0.29, 0.717) is 13.1 Å².